The highest BCUT2D eigenvalue weighted by atomic mass is 16.5. The van der Waals surface area contributed by atoms with Gasteiger partial charge in [-0.3, -0.25) is 9.59 Å². The first-order valence-electron chi connectivity index (χ1n) is 9.06. The minimum absolute atomic E-state index is 0.167. The highest BCUT2D eigenvalue weighted by Gasteiger charge is 2.35. The molecule has 2 aromatic carbocycles. The predicted molar refractivity (Wildman–Crippen MR) is 105 cm³/mol. The van der Waals surface area contributed by atoms with Gasteiger partial charge in [0, 0.05) is 12.1 Å². The van der Waals surface area contributed by atoms with Gasteiger partial charge in [-0.05, 0) is 18.9 Å². The Hall–Kier alpha value is -3.02. The van der Waals surface area contributed by atoms with Crippen molar-refractivity contribution >= 4 is 11.8 Å². The molecule has 0 bridgehead atoms. The molecule has 2 unspecified atom stereocenters. The minimum Gasteiger partial charge on any atom is -0.496 e. The van der Waals surface area contributed by atoms with Gasteiger partial charge in [0.2, 0.25) is 0 Å². The summed E-state index contributed by atoms with van der Waals surface area (Å²) in [5.74, 6) is -1.20. The number of carbonyl (C=O) groups is 2. The molecule has 0 aliphatic rings. The predicted octanol–water partition coefficient (Wildman–Crippen LogP) is 4.02. The van der Waals surface area contributed by atoms with Crippen molar-refractivity contribution in [1.82, 2.24) is 0 Å². The van der Waals surface area contributed by atoms with Gasteiger partial charge in [0.05, 0.1) is 27.4 Å². The Morgan fingerprint density at radius 2 is 1.50 bits per heavy atom. The summed E-state index contributed by atoms with van der Waals surface area (Å²) < 4.78 is 21.5. The van der Waals surface area contributed by atoms with E-state index in [9.17, 15) is 9.59 Å². The molecular formula is C22H26O6. The van der Waals surface area contributed by atoms with Crippen molar-refractivity contribution < 1.29 is 28.5 Å². The average Bonchev–Trinajstić information content (AvgIpc) is 2.73. The van der Waals surface area contributed by atoms with Crippen LogP contribution in [0.15, 0.2) is 42.5 Å². The summed E-state index contributed by atoms with van der Waals surface area (Å²) in [6, 6.07) is 12.0. The first-order chi connectivity index (χ1) is 13.5. The number of ketones is 1. The molecule has 0 heterocycles. The van der Waals surface area contributed by atoms with E-state index >= 15 is 0 Å². The molecule has 0 N–H and O–H groups in total. The topological polar surface area (TPSA) is 71.1 Å². The van der Waals surface area contributed by atoms with Crippen LogP contribution in [0.25, 0.3) is 0 Å². The summed E-state index contributed by atoms with van der Waals surface area (Å²) in [6.07, 6.45) is 0.350. The van der Waals surface area contributed by atoms with Crippen molar-refractivity contribution in [1.29, 1.82) is 0 Å². The molecule has 0 radical (unpaired) electrons. The SMILES string of the molecule is CCC(C)OC(=O)C(C(=O)c1c(OC)cc(OC)cc1OC)c1ccccc1. The Labute approximate surface area is 165 Å². The van der Waals surface area contributed by atoms with Crippen LogP contribution in [-0.4, -0.2) is 39.2 Å². The molecule has 6 heteroatoms. The monoisotopic (exact) mass is 386 g/mol. The number of benzene rings is 2. The van der Waals surface area contributed by atoms with E-state index in [1.54, 1.807) is 43.3 Å². The number of hydrogen-bond donors (Lipinski definition) is 0. The Balaban J connectivity index is 2.58. The Bertz CT molecular complexity index is 790. The number of carbonyl (C=O) groups excluding carboxylic acids is 2. The summed E-state index contributed by atoms with van der Waals surface area (Å²) in [6.45, 7) is 3.70. The van der Waals surface area contributed by atoms with E-state index in [0.29, 0.717) is 17.7 Å². The molecule has 0 aromatic heterocycles. The van der Waals surface area contributed by atoms with Gasteiger partial charge in [0.1, 0.15) is 28.7 Å². The zero-order chi connectivity index (χ0) is 20.7. The quantitative estimate of drug-likeness (QED) is 0.368. The lowest BCUT2D eigenvalue weighted by molar-refractivity contribution is -0.148. The van der Waals surface area contributed by atoms with Gasteiger partial charge in [-0.2, -0.15) is 0 Å². The average molecular weight is 386 g/mol. The number of hydrogen-bond acceptors (Lipinski definition) is 6. The van der Waals surface area contributed by atoms with Crippen molar-refractivity contribution in [3.63, 3.8) is 0 Å². The fourth-order valence-electron chi connectivity index (χ4n) is 2.78. The maximum absolute atomic E-state index is 13.5. The van der Waals surface area contributed by atoms with E-state index in [0.717, 1.165) is 0 Å². The lowest BCUT2D eigenvalue weighted by Gasteiger charge is -2.21. The summed E-state index contributed by atoms with van der Waals surface area (Å²) in [5.41, 5.74) is 0.710. The van der Waals surface area contributed by atoms with Crippen LogP contribution in [-0.2, 0) is 9.53 Å². The van der Waals surface area contributed by atoms with Crippen LogP contribution in [0.3, 0.4) is 0 Å². The van der Waals surface area contributed by atoms with Crippen molar-refractivity contribution in [3.05, 3.63) is 53.6 Å². The third kappa shape index (κ3) is 4.63. The largest absolute Gasteiger partial charge is 0.496 e. The molecule has 6 nitrogen and oxygen atoms in total. The third-order valence-corrected chi connectivity index (χ3v) is 4.48. The number of methoxy groups -OCH3 is 3. The van der Waals surface area contributed by atoms with E-state index in [1.807, 2.05) is 13.0 Å². The number of Topliss-reactive ketones (excluding diaryl/α,β-unsaturated/α-hetero) is 1. The van der Waals surface area contributed by atoms with Gasteiger partial charge in [-0.1, -0.05) is 37.3 Å². The number of rotatable bonds is 9. The maximum atomic E-state index is 13.5. The molecule has 28 heavy (non-hydrogen) atoms. The van der Waals surface area contributed by atoms with Gasteiger partial charge in [0.15, 0.2) is 5.78 Å². The van der Waals surface area contributed by atoms with E-state index in [1.165, 1.54) is 21.3 Å². The number of esters is 1. The first kappa shape index (κ1) is 21.3. The number of ether oxygens (including phenoxy) is 4. The van der Waals surface area contributed by atoms with E-state index < -0.39 is 17.7 Å². The lowest BCUT2D eigenvalue weighted by atomic mass is 9.89. The van der Waals surface area contributed by atoms with E-state index in [2.05, 4.69) is 0 Å². The van der Waals surface area contributed by atoms with Crippen LogP contribution in [0.5, 0.6) is 17.2 Å². The van der Waals surface area contributed by atoms with Gasteiger partial charge in [0.25, 0.3) is 0 Å². The van der Waals surface area contributed by atoms with E-state index in [-0.39, 0.29) is 23.2 Å². The van der Waals surface area contributed by atoms with Crippen LogP contribution >= 0.6 is 0 Å². The molecule has 0 amide bonds. The fraction of sp³-hybridized carbons (Fsp3) is 0.364. The second-order valence-corrected chi connectivity index (χ2v) is 6.27. The Morgan fingerprint density at radius 1 is 0.929 bits per heavy atom. The van der Waals surface area contributed by atoms with Crippen molar-refractivity contribution in [2.75, 3.05) is 21.3 Å². The Morgan fingerprint density at radius 3 is 1.96 bits per heavy atom. The van der Waals surface area contributed by atoms with Crippen molar-refractivity contribution in [2.45, 2.75) is 32.3 Å². The fourth-order valence-corrected chi connectivity index (χ4v) is 2.78. The van der Waals surface area contributed by atoms with Gasteiger partial charge in [-0.15, -0.1) is 0 Å². The molecule has 0 saturated heterocycles. The summed E-state index contributed by atoms with van der Waals surface area (Å²) >= 11 is 0. The Kier molecular flexibility index (Phi) is 7.44. The molecule has 150 valence electrons. The highest BCUT2D eigenvalue weighted by molar-refractivity contribution is 6.15. The molecule has 2 rings (SSSR count). The molecule has 0 aliphatic carbocycles. The highest BCUT2D eigenvalue weighted by Crippen LogP contribution is 2.38. The first-order valence-corrected chi connectivity index (χ1v) is 9.06. The smallest absolute Gasteiger partial charge is 0.321 e. The summed E-state index contributed by atoms with van der Waals surface area (Å²) in [5, 5.41) is 0. The van der Waals surface area contributed by atoms with Crippen molar-refractivity contribution in [2.24, 2.45) is 0 Å². The molecule has 0 saturated carbocycles. The van der Waals surface area contributed by atoms with Crippen molar-refractivity contribution in [3.8, 4) is 17.2 Å². The molecule has 0 fully saturated rings. The molecule has 2 aromatic rings. The third-order valence-electron chi connectivity index (χ3n) is 4.48. The summed E-state index contributed by atoms with van der Waals surface area (Å²) in [7, 11) is 4.39. The van der Waals surface area contributed by atoms with Crippen LogP contribution in [0, 0.1) is 0 Å². The van der Waals surface area contributed by atoms with E-state index in [4.69, 9.17) is 18.9 Å². The molecule has 0 aliphatic heterocycles. The minimum atomic E-state index is -1.13. The standard InChI is InChI=1S/C22H26O6/c1-6-14(2)28-22(24)19(15-10-8-7-9-11-15)21(23)20-17(26-4)12-16(25-3)13-18(20)27-5/h7-14,19H,6H2,1-5H3. The van der Waals surface area contributed by atoms with Gasteiger partial charge >= 0.3 is 5.97 Å². The zero-order valence-electron chi connectivity index (χ0n) is 16.9. The lowest BCUT2D eigenvalue weighted by Crippen LogP contribution is -2.27. The van der Waals surface area contributed by atoms with Crippen LogP contribution in [0.4, 0.5) is 0 Å². The second kappa shape index (κ2) is 9.78. The van der Waals surface area contributed by atoms with Gasteiger partial charge in [-0.25, -0.2) is 0 Å². The van der Waals surface area contributed by atoms with Gasteiger partial charge < -0.3 is 18.9 Å². The van der Waals surface area contributed by atoms with Crippen LogP contribution in [0.2, 0.25) is 0 Å². The van der Waals surface area contributed by atoms with Crippen LogP contribution in [0.1, 0.15) is 42.1 Å². The zero-order valence-corrected chi connectivity index (χ0v) is 16.9. The second-order valence-electron chi connectivity index (χ2n) is 6.27. The normalized spacial score (nSPS) is 12.6. The maximum Gasteiger partial charge on any atom is 0.321 e. The molecular weight excluding hydrogens is 360 g/mol. The summed E-state index contributed by atoms with van der Waals surface area (Å²) in [4.78, 5) is 26.4. The van der Waals surface area contributed by atoms with Crippen LogP contribution < -0.4 is 14.2 Å². The molecule has 0 spiro atoms. The molecule has 2 atom stereocenters.